The van der Waals surface area contributed by atoms with Crippen LogP contribution in [0.15, 0.2) is 47.4 Å². The summed E-state index contributed by atoms with van der Waals surface area (Å²) in [6, 6.07) is 11.6. The molecule has 0 amide bonds. The topological polar surface area (TPSA) is 96.0 Å². The maximum absolute atomic E-state index is 13.1. The molecule has 2 aromatic carbocycles. The van der Waals surface area contributed by atoms with Gasteiger partial charge in [-0.05, 0) is 35.9 Å². The Bertz CT molecular complexity index is 796. The predicted octanol–water partition coefficient (Wildman–Crippen LogP) is 2.27. The van der Waals surface area contributed by atoms with Gasteiger partial charge >= 0.3 is 0 Å². The number of nitrogen functional groups attached to an aromatic ring is 1. The molecule has 0 fully saturated rings. The molecule has 0 heterocycles. The fraction of sp³-hybridized carbons (Fsp3) is 0.0714. The van der Waals surface area contributed by atoms with E-state index in [0.29, 0.717) is 5.69 Å². The second-order valence-electron chi connectivity index (χ2n) is 4.32. The van der Waals surface area contributed by atoms with Gasteiger partial charge in [0.25, 0.3) is 10.0 Å². The van der Waals surface area contributed by atoms with Crippen molar-refractivity contribution in [3.05, 3.63) is 53.8 Å². The number of halogens is 1. The molecule has 2 rings (SSSR count). The van der Waals surface area contributed by atoms with E-state index >= 15 is 0 Å². The highest BCUT2D eigenvalue weighted by Crippen LogP contribution is 2.20. The molecule has 0 aliphatic rings. The van der Waals surface area contributed by atoms with Gasteiger partial charge in [0.1, 0.15) is 5.82 Å². The van der Waals surface area contributed by atoms with Gasteiger partial charge in [-0.15, -0.1) is 0 Å². The number of nitrogens with zero attached hydrogens (tertiary/aromatic N) is 1. The number of sulfonamides is 1. The Morgan fingerprint density at radius 3 is 2.43 bits per heavy atom. The van der Waals surface area contributed by atoms with Gasteiger partial charge in [0.2, 0.25) is 0 Å². The third-order valence-electron chi connectivity index (χ3n) is 2.77. The van der Waals surface area contributed by atoms with Crippen molar-refractivity contribution < 1.29 is 12.8 Å². The minimum atomic E-state index is -3.84. The molecule has 0 saturated carbocycles. The monoisotopic (exact) mass is 305 g/mol. The maximum Gasteiger partial charge on any atom is 0.261 e. The van der Waals surface area contributed by atoms with E-state index < -0.39 is 15.8 Å². The van der Waals surface area contributed by atoms with Gasteiger partial charge in [-0.3, -0.25) is 4.72 Å². The van der Waals surface area contributed by atoms with Crippen LogP contribution in [0, 0.1) is 17.1 Å². The summed E-state index contributed by atoms with van der Waals surface area (Å²) in [6.07, 6.45) is 0.252. The maximum atomic E-state index is 13.1. The lowest BCUT2D eigenvalue weighted by molar-refractivity contribution is 0.600. The van der Waals surface area contributed by atoms with Crippen LogP contribution in [0.25, 0.3) is 0 Å². The Hall–Kier alpha value is -2.59. The normalized spacial score (nSPS) is 10.9. The van der Waals surface area contributed by atoms with Crippen LogP contribution in [0.1, 0.15) is 5.56 Å². The van der Waals surface area contributed by atoms with Crippen molar-refractivity contribution in [2.75, 3.05) is 10.5 Å². The standard InChI is InChI=1S/C14H12FN3O2S/c15-13-6-5-12(9-14(13)17)21(19,20)18-11-3-1-10(2-4-11)7-8-16/h1-6,9,18H,7,17H2. The first-order chi connectivity index (χ1) is 9.92. The lowest BCUT2D eigenvalue weighted by Gasteiger charge is -2.09. The Morgan fingerprint density at radius 2 is 1.86 bits per heavy atom. The summed E-state index contributed by atoms with van der Waals surface area (Å²) in [5.41, 5.74) is 6.26. The van der Waals surface area contributed by atoms with Crippen molar-refractivity contribution in [1.29, 1.82) is 5.26 Å². The van der Waals surface area contributed by atoms with E-state index in [1.807, 2.05) is 6.07 Å². The average Bonchev–Trinajstić information content (AvgIpc) is 2.44. The third-order valence-corrected chi connectivity index (χ3v) is 4.15. The number of anilines is 2. The summed E-state index contributed by atoms with van der Waals surface area (Å²) in [5, 5.41) is 8.57. The fourth-order valence-electron chi connectivity index (χ4n) is 1.68. The first-order valence-corrected chi connectivity index (χ1v) is 7.44. The van der Waals surface area contributed by atoms with Crippen LogP contribution >= 0.6 is 0 Å². The van der Waals surface area contributed by atoms with Crippen LogP contribution in [0.5, 0.6) is 0 Å². The van der Waals surface area contributed by atoms with Crippen LogP contribution in [-0.4, -0.2) is 8.42 Å². The minimum absolute atomic E-state index is 0.123. The van der Waals surface area contributed by atoms with E-state index in [1.54, 1.807) is 24.3 Å². The molecule has 0 aliphatic heterocycles. The van der Waals surface area contributed by atoms with Gasteiger partial charge < -0.3 is 5.73 Å². The smallest absolute Gasteiger partial charge is 0.261 e. The molecule has 108 valence electrons. The molecular weight excluding hydrogens is 293 g/mol. The summed E-state index contributed by atoms with van der Waals surface area (Å²) in [4.78, 5) is -0.123. The fourth-order valence-corrected chi connectivity index (χ4v) is 2.78. The first-order valence-electron chi connectivity index (χ1n) is 5.96. The van der Waals surface area contributed by atoms with Crippen molar-refractivity contribution in [3.8, 4) is 6.07 Å². The number of nitrogens with two attached hydrogens (primary N) is 1. The van der Waals surface area contributed by atoms with Crippen LogP contribution in [0.4, 0.5) is 15.8 Å². The molecule has 0 bridgehead atoms. The Balaban J connectivity index is 2.24. The molecule has 0 atom stereocenters. The van der Waals surface area contributed by atoms with Crippen molar-refractivity contribution in [1.82, 2.24) is 0 Å². The highest BCUT2D eigenvalue weighted by molar-refractivity contribution is 7.92. The number of nitriles is 1. The summed E-state index contributed by atoms with van der Waals surface area (Å²) in [5.74, 6) is -0.671. The molecule has 3 N–H and O–H groups in total. The second-order valence-corrected chi connectivity index (χ2v) is 6.00. The molecule has 7 heteroatoms. The first kappa shape index (κ1) is 14.8. The quantitative estimate of drug-likeness (QED) is 0.847. The van der Waals surface area contributed by atoms with E-state index in [9.17, 15) is 12.8 Å². The number of hydrogen-bond donors (Lipinski definition) is 2. The van der Waals surface area contributed by atoms with Gasteiger partial charge in [0, 0.05) is 5.69 Å². The van der Waals surface area contributed by atoms with Gasteiger partial charge in [0.05, 0.1) is 23.1 Å². The van der Waals surface area contributed by atoms with Crippen LogP contribution in [-0.2, 0) is 16.4 Å². The summed E-state index contributed by atoms with van der Waals surface area (Å²) in [7, 11) is -3.84. The zero-order valence-electron chi connectivity index (χ0n) is 10.9. The summed E-state index contributed by atoms with van der Waals surface area (Å²) < 4.78 is 39.7. The van der Waals surface area contributed by atoms with Gasteiger partial charge in [0.15, 0.2) is 0 Å². The van der Waals surface area contributed by atoms with Gasteiger partial charge in [-0.25, -0.2) is 12.8 Å². The lowest BCUT2D eigenvalue weighted by Crippen LogP contribution is -2.13. The number of hydrogen-bond acceptors (Lipinski definition) is 4. The van der Waals surface area contributed by atoms with Crippen LogP contribution in [0.2, 0.25) is 0 Å². The molecule has 0 spiro atoms. The summed E-state index contributed by atoms with van der Waals surface area (Å²) in [6.45, 7) is 0. The highest BCUT2D eigenvalue weighted by Gasteiger charge is 2.15. The zero-order chi connectivity index (χ0) is 15.5. The Morgan fingerprint density at radius 1 is 1.19 bits per heavy atom. The van der Waals surface area contributed by atoms with Crippen molar-refractivity contribution in [2.24, 2.45) is 0 Å². The van der Waals surface area contributed by atoms with Gasteiger partial charge in [-0.2, -0.15) is 5.26 Å². The zero-order valence-corrected chi connectivity index (χ0v) is 11.7. The number of benzene rings is 2. The summed E-state index contributed by atoms with van der Waals surface area (Å²) >= 11 is 0. The lowest BCUT2D eigenvalue weighted by atomic mass is 10.1. The number of nitrogens with one attached hydrogen (secondary N) is 1. The van der Waals surface area contributed by atoms with Crippen molar-refractivity contribution in [3.63, 3.8) is 0 Å². The Labute approximate surface area is 121 Å². The van der Waals surface area contributed by atoms with E-state index in [2.05, 4.69) is 4.72 Å². The SMILES string of the molecule is N#CCc1ccc(NS(=O)(=O)c2ccc(F)c(N)c2)cc1. The average molecular weight is 305 g/mol. The van der Waals surface area contributed by atoms with E-state index in [1.165, 1.54) is 0 Å². The molecular formula is C14H12FN3O2S. The molecule has 0 unspecified atom stereocenters. The van der Waals surface area contributed by atoms with Crippen molar-refractivity contribution in [2.45, 2.75) is 11.3 Å². The second kappa shape index (κ2) is 5.81. The third kappa shape index (κ3) is 3.49. The molecule has 21 heavy (non-hydrogen) atoms. The molecule has 0 aliphatic carbocycles. The minimum Gasteiger partial charge on any atom is -0.396 e. The number of rotatable bonds is 4. The van der Waals surface area contributed by atoms with Crippen LogP contribution < -0.4 is 10.5 Å². The van der Waals surface area contributed by atoms with E-state index in [-0.39, 0.29) is 17.0 Å². The Kier molecular flexibility index (Phi) is 4.10. The molecule has 5 nitrogen and oxygen atoms in total. The van der Waals surface area contributed by atoms with Gasteiger partial charge in [-0.1, -0.05) is 12.1 Å². The highest BCUT2D eigenvalue weighted by atomic mass is 32.2. The molecule has 0 aromatic heterocycles. The molecule has 2 aromatic rings. The van der Waals surface area contributed by atoms with Crippen LogP contribution in [0.3, 0.4) is 0 Å². The van der Waals surface area contributed by atoms with Crippen molar-refractivity contribution >= 4 is 21.4 Å². The molecule has 0 radical (unpaired) electrons. The molecule has 0 saturated heterocycles. The van der Waals surface area contributed by atoms with E-state index in [0.717, 1.165) is 23.8 Å². The predicted molar refractivity (Wildman–Crippen MR) is 77.4 cm³/mol. The largest absolute Gasteiger partial charge is 0.396 e. The van der Waals surface area contributed by atoms with E-state index in [4.69, 9.17) is 11.0 Å².